The fourth-order valence-electron chi connectivity index (χ4n) is 1.74. The number of cyclic esters (lactones) is 1. The van der Waals surface area contributed by atoms with Crippen LogP contribution in [0.3, 0.4) is 0 Å². The Kier molecular flexibility index (Phi) is 4.75. The largest absolute Gasteiger partial charge is 0.442 e. The molecule has 0 aromatic carbocycles. The number of anilines is 1. The molecule has 1 aliphatic rings. The molecule has 1 unspecified atom stereocenters. The van der Waals surface area contributed by atoms with Crippen LogP contribution in [0, 0.1) is 0 Å². The lowest BCUT2D eigenvalue weighted by Gasteiger charge is -2.10. The lowest BCUT2D eigenvalue weighted by atomic mass is 10.3. The van der Waals surface area contributed by atoms with Crippen molar-refractivity contribution in [3.05, 3.63) is 17.5 Å². The molecule has 6 nitrogen and oxygen atoms in total. The van der Waals surface area contributed by atoms with Gasteiger partial charge in [-0.1, -0.05) is 0 Å². The molecule has 1 aromatic rings. The molecule has 1 aromatic heterocycles. The molecule has 104 valence electrons. The van der Waals surface area contributed by atoms with E-state index in [1.807, 2.05) is 17.5 Å². The summed E-state index contributed by atoms with van der Waals surface area (Å²) in [5.41, 5.74) is 0. The van der Waals surface area contributed by atoms with Gasteiger partial charge in [-0.25, -0.2) is 4.79 Å². The Morgan fingerprint density at radius 1 is 1.68 bits per heavy atom. The number of nitrogens with zero attached hydrogens (tertiary/aromatic N) is 1. The summed E-state index contributed by atoms with van der Waals surface area (Å²) in [5.74, 6) is -0.104. The van der Waals surface area contributed by atoms with E-state index in [2.05, 4.69) is 5.32 Å². The van der Waals surface area contributed by atoms with E-state index in [9.17, 15) is 9.59 Å². The molecule has 0 aliphatic carbocycles. The predicted molar refractivity (Wildman–Crippen MR) is 71.4 cm³/mol. The zero-order chi connectivity index (χ0) is 13.7. The van der Waals surface area contributed by atoms with E-state index in [-0.39, 0.29) is 18.1 Å². The summed E-state index contributed by atoms with van der Waals surface area (Å²) in [4.78, 5) is 24.7. The summed E-state index contributed by atoms with van der Waals surface area (Å²) >= 11 is 1.48. The summed E-state index contributed by atoms with van der Waals surface area (Å²) in [6, 6.07) is 3.75. The number of hydrogen-bond donors (Lipinski definition) is 1. The second-order valence-corrected chi connectivity index (χ2v) is 5.04. The minimum absolute atomic E-state index is 0.104. The average molecular weight is 284 g/mol. The van der Waals surface area contributed by atoms with Crippen LogP contribution in [-0.4, -0.2) is 44.9 Å². The Labute approximate surface area is 115 Å². The van der Waals surface area contributed by atoms with Gasteiger partial charge in [-0.3, -0.25) is 9.69 Å². The Morgan fingerprint density at radius 3 is 3.21 bits per heavy atom. The van der Waals surface area contributed by atoms with Crippen LogP contribution >= 0.6 is 11.3 Å². The molecule has 2 heterocycles. The van der Waals surface area contributed by atoms with Crippen LogP contribution in [0.1, 0.15) is 6.42 Å². The second kappa shape index (κ2) is 6.53. The standard InChI is InChI=1S/C12H16N2O4S/c1-17-5-4-10(15)13-7-9-8-14(12(16)18-9)11-3-2-6-19-11/h2-3,6,9H,4-5,7-8H2,1H3,(H,13,15). The van der Waals surface area contributed by atoms with E-state index in [1.54, 1.807) is 12.0 Å². The highest BCUT2D eigenvalue weighted by Gasteiger charge is 2.32. The summed E-state index contributed by atoms with van der Waals surface area (Å²) in [7, 11) is 1.55. The lowest BCUT2D eigenvalue weighted by Crippen LogP contribution is -2.34. The SMILES string of the molecule is COCCC(=O)NCC1CN(c2cccs2)C(=O)O1. The number of methoxy groups -OCH3 is 1. The Hall–Kier alpha value is -1.60. The molecule has 2 amide bonds. The zero-order valence-electron chi connectivity index (χ0n) is 10.6. The first-order chi connectivity index (χ1) is 9.20. The fraction of sp³-hybridized carbons (Fsp3) is 0.500. The highest BCUT2D eigenvalue weighted by Crippen LogP contribution is 2.25. The third kappa shape index (κ3) is 3.68. The van der Waals surface area contributed by atoms with Crippen LogP contribution in [-0.2, 0) is 14.3 Å². The maximum atomic E-state index is 11.7. The van der Waals surface area contributed by atoms with Crippen molar-refractivity contribution in [2.24, 2.45) is 0 Å². The van der Waals surface area contributed by atoms with Gasteiger partial charge in [0, 0.05) is 13.5 Å². The van der Waals surface area contributed by atoms with E-state index in [0.717, 1.165) is 5.00 Å². The maximum Gasteiger partial charge on any atom is 0.415 e. The van der Waals surface area contributed by atoms with E-state index in [4.69, 9.17) is 9.47 Å². The van der Waals surface area contributed by atoms with Gasteiger partial charge in [-0.05, 0) is 17.5 Å². The van der Waals surface area contributed by atoms with Crippen molar-refractivity contribution >= 4 is 28.3 Å². The minimum atomic E-state index is -0.362. The summed E-state index contributed by atoms with van der Waals surface area (Å²) in [6.07, 6.45) is -0.356. The van der Waals surface area contributed by atoms with Crippen LogP contribution < -0.4 is 10.2 Å². The highest BCUT2D eigenvalue weighted by molar-refractivity contribution is 7.14. The molecular formula is C12H16N2O4S. The number of hydrogen-bond acceptors (Lipinski definition) is 5. The molecule has 1 aliphatic heterocycles. The number of rotatable bonds is 6. The fourth-order valence-corrected chi connectivity index (χ4v) is 2.47. The average Bonchev–Trinajstić information content (AvgIpc) is 3.02. The van der Waals surface area contributed by atoms with Crippen molar-refractivity contribution in [3.8, 4) is 0 Å². The molecule has 2 rings (SSSR count). The quantitative estimate of drug-likeness (QED) is 0.853. The first-order valence-corrected chi connectivity index (χ1v) is 6.86. The first-order valence-electron chi connectivity index (χ1n) is 5.98. The molecule has 1 atom stereocenters. The smallest absolute Gasteiger partial charge is 0.415 e. The predicted octanol–water partition coefficient (Wildman–Crippen LogP) is 1.23. The van der Waals surface area contributed by atoms with Gasteiger partial charge >= 0.3 is 6.09 Å². The van der Waals surface area contributed by atoms with Crippen molar-refractivity contribution < 1.29 is 19.1 Å². The summed E-state index contributed by atoms with van der Waals surface area (Å²) in [5, 5.41) is 5.49. The number of amides is 2. The van der Waals surface area contributed by atoms with Gasteiger partial charge < -0.3 is 14.8 Å². The number of nitrogens with one attached hydrogen (secondary N) is 1. The molecule has 7 heteroatoms. The number of carbonyl (C=O) groups is 2. The third-order valence-electron chi connectivity index (χ3n) is 2.71. The Balaban J connectivity index is 1.78. The maximum absolute atomic E-state index is 11.7. The minimum Gasteiger partial charge on any atom is -0.442 e. The van der Waals surface area contributed by atoms with Crippen LogP contribution in [0.5, 0.6) is 0 Å². The van der Waals surface area contributed by atoms with Crippen molar-refractivity contribution in [1.29, 1.82) is 0 Å². The van der Waals surface area contributed by atoms with Gasteiger partial charge in [-0.2, -0.15) is 0 Å². The van der Waals surface area contributed by atoms with Gasteiger partial charge in [0.25, 0.3) is 0 Å². The van der Waals surface area contributed by atoms with E-state index >= 15 is 0 Å². The lowest BCUT2D eigenvalue weighted by molar-refractivity contribution is -0.122. The number of carbonyl (C=O) groups excluding carboxylic acids is 2. The van der Waals surface area contributed by atoms with Crippen LogP contribution in [0.25, 0.3) is 0 Å². The van der Waals surface area contributed by atoms with Crippen molar-refractivity contribution in [2.45, 2.75) is 12.5 Å². The Morgan fingerprint density at radius 2 is 2.53 bits per heavy atom. The number of thiophene rings is 1. The monoisotopic (exact) mass is 284 g/mol. The molecule has 1 N–H and O–H groups in total. The third-order valence-corrected chi connectivity index (χ3v) is 3.60. The van der Waals surface area contributed by atoms with Crippen molar-refractivity contribution in [1.82, 2.24) is 5.32 Å². The highest BCUT2D eigenvalue weighted by atomic mass is 32.1. The Bertz CT molecular complexity index is 435. The molecule has 0 radical (unpaired) electrons. The second-order valence-electron chi connectivity index (χ2n) is 4.11. The molecule has 1 fully saturated rings. The molecular weight excluding hydrogens is 268 g/mol. The van der Waals surface area contributed by atoms with Crippen LogP contribution in [0.2, 0.25) is 0 Å². The number of ether oxygens (including phenoxy) is 2. The molecule has 0 saturated carbocycles. The summed E-state index contributed by atoms with van der Waals surface area (Å²) < 4.78 is 10.0. The van der Waals surface area contributed by atoms with Gasteiger partial charge in [0.1, 0.15) is 11.1 Å². The first kappa shape index (κ1) is 13.8. The van der Waals surface area contributed by atoms with Gasteiger partial charge in [0.05, 0.1) is 19.7 Å². The molecule has 0 bridgehead atoms. The molecule has 1 saturated heterocycles. The van der Waals surface area contributed by atoms with Gasteiger partial charge in [0.2, 0.25) is 5.91 Å². The van der Waals surface area contributed by atoms with E-state index in [1.165, 1.54) is 11.3 Å². The van der Waals surface area contributed by atoms with Crippen LogP contribution in [0.15, 0.2) is 17.5 Å². The summed E-state index contributed by atoms with van der Waals surface area (Å²) in [6.45, 7) is 1.18. The van der Waals surface area contributed by atoms with E-state index in [0.29, 0.717) is 26.1 Å². The molecule has 19 heavy (non-hydrogen) atoms. The van der Waals surface area contributed by atoms with Gasteiger partial charge in [0.15, 0.2) is 0 Å². The van der Waals surface area contributed by atoms with Gasteiger partial charge in [-0.15, -0.1) is 11.3 Å². The van der Waals surface area contributed by atoms with E-state index < -0.39 is 0 Å². The van der Waals surface area contributed by atoms with Crippen LogP contribution in [0.4, 0.5) is 9.80 Å². The van der Waals surface area contributed by atoms with Crippen molar-refractivity contribution in [3.63, 3.8) is 0 Å². The topological polar surface area (TPSA) is 67.9 Å². The zero-order valence-corrected chi connectivity index (χ0v) is 11.4. The van der Waals surface area contributed by atoms with Crippen molar-refractivity contribution in [2.75, 3.05) is 31.7 Å². The normalized spacial score (nSPS) is 18.5. The molecule has 0 spiro atoms.